The first-order valence-corrected chi connectivity index (χ1v) is 5.90. The molecule has 98 valence electrons. The van der Waals surface area contributed by atoms with Gasteiger partial charge in [-0.25, -0.2) is 0 Å². The van der Waals surface area contributed by atoms with E-state index in [-0.39, 0.29) is 18.0 Å². The number of hydrogen-bond donors (Lipinski definition) is 2. The molecule has 1 aromatic rings. The molecule has 1 aliphatic rings. The van der Waals surface area contributed by atoms with Crippen molar-refractivity contribution in [3.63, 3.8) is 0 Å². The van der Waals surface area contributed by atoms with Crippen LogP contribution in [0.15, 0.2) is 23.1 Å². The predicted octanol–water partition coefficient (Wildman–Crippen LogP) is -0.586. The predicted molar refractivity (Wildman–Crippen MR) is 66.9 cm³/mol. The highest BCUT2D eigenvalue weighted by atomic mass is 16.3. The molecule has 1 aliphatic heterocycles. The van der Waals surface area contributed by atoms with Crippen molar-refractivity contribution < 1.29 is 9.90 Å². The van der Waals surface area contributed by atoms with Crippen LogP contribution in [0, 0.1) is 0 Å². The Kier molecular flexibility index (Phi) is 3.13. The monoisotopic (exact) mass is 251 g/mol. The van der Waals surface area contributed by atoms with Crippen LogP contribution < -0.4 is 11.3 Å². The molecule has 0 spiro atoms. The number of aromatic nitrogens is 1. The number of aliphatic hydroxyl groups is 1. The number of carbonyl (C=O) groups is 1. The first-order valence-electron chi connectivity index (χ1n) is 5.90. The van der Waals surface area contributed by atoms with Gasteiger partial charge in [0.25, 0.3) is 5.56 Å². The fourth-order valence-corrected chi connectivity index (χ4v) is 1.98. The van der Waals surface area contributed by atoms with Crippen LogP contribution in [0.1, 0.15) is 13.3 Å². The van der Waals surface area contributed by atoms with Crippen LogP contribution in [0.4, 0.5) is 5.69 Å². The number of nitrogens with zero attached hydrogens (tertiary/aromatic N) is 2. The molecule has 3 N–H and O–H groups in total. The smallest absolute Gasteiger partial charge is 0.251 e. The third-order valence-corrected chi connectivity index (χ3v) is 3.29. The molecule has 1 saturated heterocycles. The van der Waals surface area contributed by atoms with E-state index in [1.54, 1.807) is 4.90 Å². The maximum Gasteiger partial charge on any atom is 0.251 e. The van der Waals surface area contributed by atoms with Gasteiger partial charge in [0.15, 0.2) is 0 Å². The van der Waals surface area contributed by atoms with Gasteiger partial charge in [0, 0.05) is 18.0 Å². The summed E-state index contributed by atoms with van der Waals surface area (Å²) in [7, 11) is 0. The van der Waals surface area contributed by atoms with Crippen LogP contribution in [0.5, 0.6) is 0 Å². The van der Waals surface area contributed by atoms with Gasteiger partial charge in [-0.2, -0.15) is 0 Å². The minimum atomic E-state index is -0.754. The van der Waals surface area contributed by atoms with Gasteiger partial charge in [0.1, 0.15) is 6.54 Å². The summed E-state index contributed by atoms with van der Waals surface area (Å²) >= 11 is 0. The van der Waals surface area contributed by atoms with E-state index in [2.05, 4.69) is 0 Å². The van der Waals surface area contributed by atoms with E-state index in [0.717, 1.165) is 0 Å². The van der Waals surface area contributed by atoms with Crippen molar-refractivity contribution >= 4 is 11.6 Å². The molecule has 2 heterocycles. The molecule has 0 bridgehead atoms. The number of β-amino-alcohol motifs (C(OH)–C–C–N with tert-alkyl or cyclic N) is 1. The van der Waals surface area contributed by atoms with Gasteiger partial charge in [0.2, 0.25) is 5.91 Å². The Morgan fingerprint density at radius 1 is 1.50 bits per heavy atom. The quantitative estimate of drug-likeness (QED) is 0.751. The summed E-state index contributed by atoms with van der Waals surface area (Å²) in [6.07, 6.45) is 2.07. The van der Waals surface area contributed by atoms with Crippen LogP contribution in [0.2, 0.25) is 0 Å². The van der Waals surface area contributed by atoms with E-state index in [4.69, 9.17) is 5.73 Å². The Morgan fingerprint density at radius 2 is 2.17 bits per heavy atom. The van der Waals surface area contributed by atoms with E-state index in [1.807, 2.05) is 6.92 Å². The molecule has 0 aromatic carbocycles. The molecule has 0 saturated carbocycles. The average Bonchev–Trinajstić information content (AvgIpc) is 2.29. The SMILES string of the molecule is CCC1(O)CN(C(=O)Cn2cc(N)ccc2=O)C1. The highest BCUT2D eigenvalue weighted by Crippen LogP contribution is 2.24. The number of likely N-dealkylation sites (tertiary alicyclic amines) is 1. The summed E-state index contributed by atoms with van der Waals surface area (Å²) in [6, 6.07) is 2.84. The Bertz CT molecular complexity index is 518. The maximum absolute atomic E-state index is 11.9. The second-order valence-corrected chi connectivity index (χ2v) is 4.76. The Hall–Kier alpha value is -1.82. The van der Waals surface area contributed by atoms with Gasteiger partial charge in [-0.1, -0.05) is 6.92 Å². The summed E-state index contributed by atoms with van der Waals surface area (Å²) in [5.41, 5.74) is 4.99. The van der Waals surface area contributed by atoms with E-state index in [1.165, 1.54) is 22.9 Å². The lowest BCUT2D eigenvalue weighted by atomic mass is 9.91. The van der Waals surface area contributed by atoms with Gasteiger partial charge >= 0.3 is 0 Å². The van der Waals surface area contributed by atoms with E-state index >= 15 is 0 Å². The molecule has 0 unspecified atom stereocenters. The third-order valence-electron chi connectivity index (χ3n) is 3.29. The molecule has 1 fully saturated rings. The molecule has 6 nitrogen and oxygen atoms in total. The lowest BCUT2D eigenvalue weighted by molar-refractivity contribution is -0.156. The zero-order valence-electron chi connectivity index (χ0n) is 10.3. The van der Waals surface area contributed by atoms with Crippen molar-refractivity contribution in [2.75, 3.05) is 18.8 Å². The van der Waals surface area contributed by atoms with E-state index in [9.17, 15) is 14.7 Å². The number of amides is 1. The summed E-state index contributed by atoms with van der Waals surface area (Å²) in [4.78, 5) is 24.9. The van der Waals surface area contributed by atoms with Crippen molar-refractivity contribution in [2.24, 2.45) is 0 Å². The largest absolute Gasteiger partial charge is 0.398 e. The zero-order valence-corrected chi connectivity index (χ0v) is 10.3. The normalized spacial score (nSPS) is 17.3. The second kappa shape index (κ2) is 4.45. The average molecular weight is 251 g/mol. The van der Waals surface area contributed by atoms with Crippen molar-refractivity contribution in [2.45, 2.75) is 25.5 Å². The lowest BCUT2D eigenvalue weighted by Gasteiger charge is -2.46. The molecule has 0 atom stereocenters. The molecule has 1 amide bonds. The van der Waals surface area contributed by atoms with Gasteiger partial charge < -0.3 is 20.3 Å². The number of rotatable bonds is 3. The molecular formula is C12H17N3O3. The zero-order chi connectivity index (χ0) is 13.3. The second-order valence-electron chi connectivity index (χ2n) is 4.76. The van der Waals surface area contributed by atoms with Gasteiger partial charge in [-0.05, 0) is 12.5 Å². The highest BCUT2D eigenvalue weighted by Gasteiger charge is 2.41. The van der Waals surface area contributed by atoms with E-state index < -0.39 is 5.60 Å². The topological polar surface area (TPSA) is 88.6 Å². The highest BCUT2D eigenvalue weighted by molar-refractivity contribution is 5.77. The fraction of sp³-hybridized carbons (Fsp3) is 0.500. The van der Waals surface area contributed by atoms with Gasteiger partial charge in [-0.15, -0.1) is 0 Å². The summed E-state index contributed by atoms with van der Waals surface area (Å²) in [5, 5.41) is 9.82. The molecular weight excluding hydrogens is 234 g/mol. The van der Waals surface area contributed by atoms with Gasteiger partial charge in [0.05, 0.1) is 18.7 Å². The molecule has 2 rings (SSSR count). The summed E-state index contributed by atoms with van der Waals surface area (Å²) in [5.74, 6) is -0.180. The molecule has 6 heteroatoms. The summed E-state index contributed by atoms with van der Waals surface area (Å²) in [6.45, 7) is 2.51. The van der Waals surface area contributed by atoms with Crippen molar-refractivity contribution in [3.8, 4) is 0 Å². The van der Waals surface area contributed by atoms with Crippen molar-refractivity contribution in [1.82, 2.24) is 9.47 Å². The molecule has 0 radical (unpaired) electrons. The van der Waals surface area contributed by atoms with Crippen LogP contribution in [-0.2, 0) is 11.3 Å². The molecule has 1 aromatic heterocycles. The maximum atomic E-state index is 11.9. The fourth-order valence-electron chi connectivity index (χ4n) is 1.98. The first-order chi connectivity index (χ1) is 8.43. The number of nitrogen functional groups attached to an aromatic ring is 1. The molecule has 18 heavy (non-hydrogen) atoms. The van der Waals surface area contributed by atoms with Crippen molar-refractivity contribution in [3.05, 3.63) is 28.7 Å². The van der Waals surface area contributed by atoms with Crippen LogP contribution in [-0.4, -0.2) is 39.2 Å². The van der Waals surface area contributed by atoms with Gasteiger partial charge in [-0.3, -0.25) is 9.59 Å². The third kappa shape index (κ3) is 2.38. The molecule has 0 aliphatic carbocycles. The number of pyridine rings is 1. The van der Waals surface area contributed by atoms with Crippen LogP contribution in [0.25, 0.3) is 0 Å². The minimum absolute atomic E-state index is 0.0380. The first kappa shape index (κ1) is 12.6. The van der Waals surface area contributed by atoms with E-state index in [0.29, 0.717) is 25.2 Å². The standard InChI is InChI=1S/C12H17N3O3/c1-2-12(18)7-15(8-12)11(17)6-14-5-9(13)3-4-10(14)16/h3-5,18H,2,6-8,13H2,1H3. The number of nitrogens with two attached hydrogens (primary N) is 1. The minimum Gasteiger partial charge on any atom is -0.398 e. The number of anilines is 1. The lowest BCUT2D eigenvalue weighted by Crippen LogP contribution is -2.63. The van der Waals surface area contributed by atoms with Crippen molar-refractivity contribution in [1.29, 1.82) is 0 Å². The van der Waals surface area contributed by atoms with Crippen LogP contribution >= 0.6 is 0 Å². The van der Waals surface area contributed by atoms with Crippen LogP contribution in [0.3, 0.4) is 0 Å². The number of hydrogen-bond acceptors (Lipinski definition) is 4. The Balaban J connectivity index is 2.01. The number of carbonyl (C=O) groups excluding carboxylic acids is 1. The Morgan fingerprint density at radius 3 is 2.78 bits per heavy atom. The summed E-state index contributed by atoms with van der Waals surface area (Å²) < 4.78 is 1.28. The Labute approximate surface area is 105 Å².